The Hall–Kier alpha value is -2.73. The quantitative estimate of drug-likeness (QED) is 0.638. The Kier molecular flexibility index (Phi) is 5.60. The van der Waals surface area contributed by atoms with Crippen LogP contribution in [0.25, 0.3) is 0 Å². The van der Waals surface area contributed by atoms with E-state index >= 15 is 0 Å². The average Bonchev–Trinajstić information content (AvgIpc) is 3.17. The highest BCUT2D eigenvalue weighted by atomic mass is 32.1. The third-order valence-corrected chi connectivity index (χ3v) is 7.33. The van der Waals surface area contributed by atoms with Crippen molar-refractivity contribution >= 4 is 28.7 Å². The minimum atomic E-state index is -0.418. The van der Waals surface area contributed by atoms with Crippen LogP contribution in [0.4, 0.5) is 10.1 Å². The highest BCUT2D eigenvalue weighted by molar-refractivity contribution is 7.12. The number of carbonyl (C=O) groups is 2. The summed E-state index contributed by atoms with van der Waals surface area (Å²) < 4.78 is 13.6. The van der Waals surface area contributed by atoms with Gasteiger partial charge in [-0.2, -0.15) is 0 Å². The van der Waals surface area contributed by atoms with E-state index in [9.17, 15) is 14.0 Å². The van der Waals surface area contributed by atoms with Crippen LogP contribution in [0.15, 0.2) is 58.9 Å². The number of benzene rings is 1. The lowest BCUT2D eigenvalue weighted by Crippen LogP contribution is -2.35. The van der Waals surface area contributed by atoms with Gasteiger partial charge in [0, 0.05) is 44.4 Å². The maximum absolute atomic E-state index is 13.6. The van der Waals surface area contributed by atoms with Gasteiger partial charge >= 0.3 is 0 Å². The molecule has 1 atom stereocenters. The van der Waals surface area contributed by atoms with Crippen molar-refractivity contribution in [2.75, 3.05) is 5.32 Å². The Bertz CT molecular complexity index is 1120. The van der Waals surface area contributed by atoms with Crippen molar-refractivity contribution in [3.63, 3.8) is 0 Å². The first-order chi connectivity index (χ1) is 14.6. The van der Waals surface area contributed by atoms with Gasteiger partial charge in [-0.05, 0) is 55.5 Å². The summed E-state index contributed by atoms with van der Waals surface area (Å²) >= 11 is 1.65. The van der Waals surface area contributed by atoms with Crippen molar-refractivity contribution < 1.29 is 14.0 Å². The third kappa shape index (κ3) is 4.22. The molecule has 6 heteroatoms. The second-order valence-corrected chi connectivity index (χ2v) is 10.3. The zero-order chi connectivity index (χ0) is 22.3. The Morgan fingerprint density at radius 1 is 1.19 bits per heavy atom. The molecule has 1 aliphatic carbocycles. The molecule has 162 valence electrons. The number of thiophene rings is 1. The van der Waals surface area contributed by atoms with E-state index in [2.05, 4.69) is 37.5 Å². The number of rotatable bonds is 3. The van der Waals surface area contributed by atoms with E-state index in [1.807, 2.05) is 13.0 Å². The SMILES string of the molecule is CC1=C(C(=O)Nc2cccc(F)c2)[C@H](c2ccc(C(C)(C)C)s2)C2=C(CCCC2=O)N1. The molecule has 0 fully saturated rings. The number of dihydropyridines is 1. The molecule has 0 unspecified atom stereocenters. The highest BCUT2D eigenvalue weighted by Gasteiger charge is 2.39. The fraction of sp³-hybridized carbons (Fsp3) is 0.360. The van der Waals surface area contributed by atoms with Gasteiger partial charge in [-0.25, -0.2) is 4.39 Å². The number of anilines is 1. The largest absolute Gasteiger partial charge is 0.362 e. The van der Waals surface area contributed by atoms with Crippen molar-refractivity contribution in [3.8, 4) is 0 Å². The molecular weight excluding hydrogens is 411 g/mol. The van der Waals surface area contributed by atoms with Crippen molar-refractivity contribution in [3.05, 3.63) is 74.5 Å². The van der Waals surface area contributed by atoms with E-state index in [1.165, 1.54) is 17.0 Å². The van der Waals surface area contributed by atoms with Gasteiger partial charge in [0.2, 0.25) is 0 Å². The summed E-state index contributed by atoms with van der Waals surface area (Å²) in [7, 11) is 0. The summed E-state index contributed by atoms with van der Waals surface area (Å²) in [5.74, 6) is -1.06. The van der Waals surface area contributed by atoms with Gasteiger partial charge in [-0.15, -0.1) is 11.3 Å². The smallest absolute Gasteiger partial charge is 0.254 e. The third-order valence-electron chi connectivity index (χ3n) is 5.75. The fourth-order valence-corrected chi connectivity index (χ4v) is 5.43. The molecule has 0 saturated carbocycles. The van der Waals surface area contributed by atoms with E-state index in [0.717, 1.165) is 29.1 Å². The molecule has 0 radical (unpaired) electrons. The number of allylic oxidation sites excluding steroid dienone is 3. The summed E-state index contributed by atoms with van der Waals surface area (Å²) in [5, 5.41) is 6.15. The van der Waals surface area contributed by atoms with E-state index < -0.39 is 11.7 Å². The summed E-state index contributed by atoms with van der Waals surface area (Å²) in [4.78, 5) is 28.6. The number of hydrogen-bond donors (Lipinski definition) is 2. The van der Waals surface area contributed by atoms with Gasteiger partial charge in [0.05, 0.1) is 5.92 Å². The van der Waals surface area contributed by atoms with E-state index in [0.29, 0.717) is 23.3 Å². The number of Topliss-reactive ketones (excluding diaryl/α,β-unsaturated/α-hetero) is 1. The fourth-order valence-electron chi connectivity index (χ4n) is 4.24. The first-order valence-corrected chi connectivity index (χ1v) is 11.4. The lowest BCUT2D eigenvalue weighted by atomic mass is 9.77. The summed E-state index contributed by atoms with van der Waals surface area (Å²) in [5.41, 5.74) is 3.24. The van der Waals surface area contributed by atoms with Gasteiger partial charge in [0.25, 0.3) is 5.91 Å². The van der Waals surface area contributed by atoms with Crippen LogP contribution in [-0.2, 0) is 15.0 Å². The number of hydrogen-bond acceptors (Lipinski definition) is 4. The summed E-state index contributed by atoms with van der Waals surface area (Å²) in [6, 6.07) is 9.97. The van der Waals surface area contributed by atoms with Crippen LogP contribution in [-0.4, -0.2) is 11.7 Å². The molecule has 31 heavy (non-hydrogen) atoms. The van der Waals surface area contributed by atoms with Crippen molar-refractivity contribution in [1.29, 1.82) is 0 Å². The number of ketones is 1. The summed E-state index contributed by atoms with van der Waals surface area (Å²) in [6.07, 6.45) is 2.10. The molecule has 1 aromatic carbocycles. The molecular formula is C25H27FN2O2S. The molecule has 1 amide bonds. The molecule has 2 aromatic rings. The zero-order valence-corrected chi connectivity index (χ0v) is 19.1. The lowest BCUT2D eigenvalue weighted by Gasteiger charge is -2.34. The number of amides is 1. The molecule has 0 saturated heterocycles. The van der Waals surface area contributed by atoms with Crippen LogP contribution in [0.5, 0.6) is 0 Å². The van der Waals surface area contributed by atoms with Crippen LogP contribution in [0.1, 0.15) is 62.6 Å². The van der Waals surface area contributed by atoms with Gasteiger partial charge < -0.3 is 10.6 Å². The molecule has 0 spiro atoms. The summed E-state index contributed by atoms with van der Waals surface area (Å²) in [6.45, 7) is 8.33. The minimum Gasteiger partial charge on any atom is -0.362 e. The second kappa shape index (κ2) is 8.08. The predicted octanol–water partition coefficient (Wildman–Crippen LogP) is 5.79. The first kappa shape index (κ1) is 21.5. The van der Waals surface area contributed by atoms with Crippen molar-refractivity contribution in [2.45, 2.75) is 58.3 Å². The molecule has 2 aliphatic rings. The topological polar surface area (TPSA) is 58.2 Å². The Labute approximate surface area is 186 Å². The number of halogens is 1. The van der Waals surface area contributed by atoms with Crippen molar-refractivity contribution in [1.82, 2.24) is 5.32 Å². The van der Waals surface area contributed by atoms with Gasteiger partial charge in [0.15, 0.2) is 5.78 Å². The average molecular weight is 439 g/mol. The molecule has 0 bridgehead atoms. The number of carbonyl (C=O) groups excluding carboxylic acids is 2. The monoisotopic (exact) mass is 438 g/mol. The molecule has 1 aliphatic heterocycles. The van der Waals surface area contributed by atoms with Gasteiger partial charge in [0.1, 0.15) is 5.82 Å². The standard InChI is InChI=1S/C25H27FN2O2S/c1-14-21(24(30)28-16-8-5-7-15(26)13-16)23(19-11-12-20(31-19)25(2,3)4)22-17(27-14)9-6-10-18(22)29/h5,7-8,11-13,23,27H,6,9-10H2,1-4H3,(H,28,30)/t23-/m0/s1. The molecule has 2 heterocycles. The van der Waals surface area contributed by atoms with E-state index in [1.54, 1.807) is 23.5 Å². The van der Waals surface area contributed by atoms with Crippen LogP contribution >= 0.6 is 11.3 Å². The van der Waals surface area contributed by atoms with E-state index in [4.69, 9.17) is 0 Å². The Morgan fingerprint density at radius 2 is 1.97 bits per heavy atom. The normalized spacial score (nSPS) is 19.3. The Morgan fingerprint density at radius 3 is 2.65 bits per heavy atom. The maximum Gasteiger partial charge on any atom is 0.254 e. The van der Waals surface area contributed by atoms with Crippen LogP contribution < -0.4 is 10.6 Å². The first-order valence-electron chi connectivity index (χ1n) is 10.6. The molecule has 4 rings (SSSR count). The number of nitrogens with one attached hydrogen (secondary N) is 2. The Balaban J connectivity index is 1.79. The highest BCUT2D eigenvalue weighted by Crippen LogP contribution is 2.45. The molecule has 1 aromatic heterocycles. The second-order valence-electron chi connectivity index (χ2n) is 9.18. The van der Waals surface area contributed by atoms with Crippen LogP contribution in [0.2, 0.25) is 0 Å². The predicted molar refractivity (Wildman–Crippen MR) is 123 cm³/mol. The maximum atomic E-state index is 13.6. The zero-order valence-electron chi connectivity index (χ0n) is 18.3. The van der Waals surface area contributed by atoms with Gasteiger partial charge in [-0.3, -0.25) is 9.59 Å². The minimum absolute atomic E-state index is 0.0215. The van der Waals surface area contributed by atoms with Crippen LogP contribution in [0.3, 0.4) is 0 Å². The van der Waals surface area contributed by atoms with Crippen LogP contribution in [0, 0.1) is 5.82 Å². The van der Waals surface area contributed by atoms with E-state index in [-0.39, 0.29) is 17.1 Å². The lowest BCUT2D eigenvalue weighted by molar-refractivity contribution is -0.116. The van der Waals surface area contributed by atoms with Gasteiger partial charge in [-0.1, -0.05) is 26.8 Å². The van der Waals surface area contributed by atoms with Crippen molar-refractivity contribution in [2.24, 2.45) is 0 Å². The molecule has 2 N–H and O–H groups in total. The molecule has 4 nitrogen and oxygen atoms in total.